The summed E-state index contributed by atoms with van der Waals surface area (Å²) in [5.74, 6) is 6.65. The number of ether oxygens (including phenoxy) is 2. The van der Waals surface area contributed by atoms with Crippen molar-refractivity contribution in [2.75, 3.05) is 19.8 Å². The van der Waals surface area contributed by atoms with E-state index in [4.69, 9.17) is 15.3 Å². The highest BCUT2D eigenvalue weighted by Crippen LogP contribution is 2.36. The van der Waals surface area contributed by atoms with Gasteiger partial charge in [-0.25, -0.2) is 0 Å². The van der Waals surface area contributed by atoms with Crippen molar-refractivity contribution in [1.82, 2.24) is 5.43 Å². The number of nitrogens with one attached hydrogen (secondary N) is 1. The molecule has 1 atom stereocenters. The molecule has 1 saturated carbocycles. The minimum atomic E-state index is -0.107. The molecule has 4 heteroatoms. The van der Waals surface area contributed by atoms with Gasteiger partial charge in [0.15, 0.2) is 0 Å². The Bertz CT molecular complexity index is 230. The fourth-order valence-corrected chi connectivity index (χ4v) is 3.61. The SMILES string of the molecule is CCOC1(C(CC2CCCC2)NN)CCOCC1. The number of nitrogens with two attached hydrogens (primary N) is 1. The predicted octanol–water partition coefficient (Wildman–Crippen LogP) is 1.98. The van der Waals surface area contributed by atoms with Gasteiger partial charge in [-0.2, -0.15) is 0 Å². The standard InChI is InChI=1S/C14H28N2O2/c1-2-18-14(7-9-17-10-8-14)13(16-15)11-12-5-3-4-6-12/h12-13,16H,2-11,15H2,1H3. The summed E-state index contributed by atoms with van der Waals surface area (Å²) in [5, 5.41) is 0. The van der Waals surface area contributed by atoms with Gasteiger partial charge in [-0.05, 0) is 19.3 Å². The van der Waals surface area contributed by atoms with Crippen LogP contribution in [-0.2, 0) is 9.47 Å². The van der Waals surface area contributed by atoms with Gasteiger partial charge in [0.1, 0.15) is 0 Å². The normalized spacial score (nSPS) is 26.3. The average Bonchev–Trinajstić information content (AvgIpc) is 2.90. The van der Waals surface area contributed by atoms with Crippen molar-refractivity contribution in [1.29, 1.82) is 0 Å². The van der Waals surface area contributed by atoms with E-state index >= 15 is 0 Å². The van der Waals surface area contributed by atoms with Gasteiger partial charge in [-0.15, -0.1) is 0 Å². The van der Waals surface area contributed by atoms with E-state index in [1.807, 2.05) is 0 Å². The summed E-state index contributed by atoms with van der Waals surface area (Å²) in [5.41, 5.74) is 2.94. The van der Waals surface area contributed by atoms with Crippen LogP contribution >= 0.6 is 0 Å². The largest absolute Gasteiger partial charge is 0.381 e. The Balaban J connectivity index is 2.00. The van der Waals surface area contributed by atoms with Crippen LogP contribution in [0.2, 0.25) is 0 Å². The van der Waals surface area contributed by atoms with Crippen molar-refractivity contribution >= 4 is 0 Å². The summed E-state index contributed by atoms with van der Waals surface area (Å²) in [6, 6.07) is 0.268. The summed E-state index contributed by atoms with van der Waals surface area (Å²) in [6.45, 7) is 4.41. The Morgan fingerprint density at radius 2 is 2.00 bits per heavy atom. The molecule has 106 valence electrons. The lowest BCUT2D eigenvalue weighted by Crippen LogP contribution is -2.58. The highest BCUT2D eigenvalue weighted by molar-refractivity contribution is 4.95. The molecule has 1 aliphatic carbocycles. The zero-order chi connectivity index (χ0) is 12.8. The van der Waals surface area contributed by atoms with Gasteiger partial charge in [-0.3, -0.25) is 11.3 Å². The van der Waals surface area contributed by atoms with Crippen molar-refractivity contribution in [3.63, 3.8) is 0 Å². The summed E-state index contributed by atoms with van der Waals surface area (Å²) < 4.78 is 11.6. The van der Waals surface area contributed by atoms with Gasteiger partial charge in [0.2, 0.25) is 0 Å². The summed E-state index contributed by atoms with van der Waals surface area (Å²) in [7, 11) is 0. The number of hydrazine groups is 1. The Morgan fingerprint density at radius 1 is 1.33 bits per heavy atom. The second-order valence-electron chi connectivity index (χ2n) is 5.72. The smallest absolute Gasteiger partial charge is 0.0891 e. The lowest BCUT2D eigenvalue weighted by molar-refractivity contribution is -0.130. The second-order valence-corrected chi connectivity index (χ2v) is 5.72. The molecule has 1 heterocycles. The molecule has 0 bridgehead atoms. The monoisotopic (exact) mass is 256 g/mol. The number of rotatable bonds is 6. The van der Waals surface area contributed by atoms with Crippen molar-refractivity contribution in [2.45, 2.75) is 63.5 Å². The van der Waals surface area contributed by atoms with E-state index in [9.17, 15) is 0 Å². The van der Waals surface area contributed by atoms with Crippen LogP contribution in [0.25, 0.3) is 0 Å². The molecule has 3 N–H and O–H groups in total. The molecule has 2 aliphatic rings. The zero-order valence-corrected chi connectivity index (χ0v) is 11.6. The second kappa shape index (κ2) is 6.85. The zero-order valence-electron chi connectivity index (χ0n) is 11.6. The van der Waals surface area contributed by atoms with E-state index < -0.39 is 0 Å². The minimum absolute atomic E-state index is 0.107. The maximum Gasteiger partial charge on any atom is 0.0891 e. The van der Waals surface area contributed by atoms with Gasteiger partial charge < -0.3 is 9.47 Å². The molecule has 18 heavy (non-hydrogen) atoms. The Kier molecular flexibility index (Phi) is 5.42. The third-order valence-corrected chi connectivity index (χ3v) is 4.65. The van der Waals surface area contributed by atoms with Crippen molar-refractivity contribution < 1.29 is 9.47 Å². The molecule has 0 aromatic heterocycles. The van der Waals surface area contributed by atoms with Crippen LogP contribution in [0.5, 0.6) is 0 Å². The average molecular weight is 256 g/mol. The molecule has 0 aromatic carbocycles. The van der Waals surface area contributed by atoms with Crippen molar-refractivity contribution in [3.8, 4) is 0 Å². The number of hydrogen-bond acceptors (Lipinski definition) is 4. The maximum absolute atomic E-state index is 6.11. The van der Waals surface area contributed by atoms with Crippen molar-refractivity contribution in [2.24, 2.45) is 11.8 Å². The predicted molar refractivity (Wildman–Crippen MR) is 72.1 cm³/mol. The van der Waals surface area contributed by atoms with E-state index in [2.05, 4.69) is 12.3 Å². The highest BCUT2D eigenvalue weighted by atomic mass is 16.5. The van der Waals surface area contributed by atoms with Crippen molar-refractivity contribution in [3.05, 3.63) is 0 Å². The van der Waals surface area contributed by atoms with Crippen LogP contribution in [0, 0.1) is 5.92 Å². The van der Waals surface area contributed by atoms with E-state index in [0.717, 1.165) is 45.0 Å². The first-order chi connectivity index (χ1) is 8.80. The van der Waals surface area contributed by atoms with Crippen LogP contribution < -0.4 is 11.3 Å². The molecule has 2 fully saturated rings. The summed E-state index contributed by atoms with van der Waals surface area (Å²) >= 11 is 0. The molecule has 0 radical (unpaired) electrons. The molecular weight excluding hydrogens is 228 g/mol. The molecule has 4 nitrogen and oxygen atoms in total. The molecular formula is C14H28N2O2. The molecule has 0 aromatic rings. The van der Waals surface area contributed by atoms with Crippen LogP contribution in [-0.4, -0.2) is 31.5 Å². The van der Waals surface area contributed by atoms with Gasteiger partial charge in [-0.1, -0.05) is 25.7 Å². The molecule has 1 aliphatic heterocycles. The molecule has 0 amide bonds. The molecule has 1 unspecified atom stereocenters. The fourth-order valence-electron chi connectivity index (χ4n) is 3.61. The maximum atomic E-state index is 6.11. The lowest BCUT2D eigenvalue weighted by atomic mass is 9.81. The van der Waals surface area contributed by atoms with E-state index in [1.54, 1.807) is 0 Å². The first-order valence-electron chi connectivity index (χ1n) is 7.48. The highest BCUT2D eigenvalue weighted by Gasteiger charge is 2.41. The van der Waals surface area contributed by atoms with Gasteiger partial charge in [0.25, 0.3) is 0 Å². The van der Waals surface area contributed by atoms with Crippen LogP contribution in [0.15, 0.2) is 0 Å². The van der Waals surface area contributed by atoms with E-state index in [0.29, 0.717) is 0 Å². The Morgan fingerprint density at radius 3 is 2.56 bits per heavy atom. The van der Waals surface area contributed by atoms with Gasteiger partial charge in [0.05, 0.1) is 11.6 Å². The quantitative estimate of drug-likeness (QED) is 0.563. The molecule has 1 saturated heterocycles. The first-order valence-corrected chi connectivity index (χ1v) is 7.48. The third-order valence-electron chi connectivity index (χ3n) is 4.65. The Hall–Kier alpha value is -0.160. The topological polar surface area (TPSA) is 56.5 Å². The van der Waals surface area contributed by atoms with E-state index in [1.165, 1.54) is 25.7 Å². The van der Waals surface area contributed by atoms with Crippen LogP contribution in [0.1, 0.15) is 51.9 Å². The number of hydrogen-bond donors (Lipinski definition) is 2. The first kappa shape index (κ1) is 14.3. The van der Waals surface area contributed by atoms with Gasteiger partial charge >= 0.3 is 0 Å². The lowest BCUT2D eigenvalue weighted by Gasteiger charge is -2.43. The summed E-state index contributed by atoms with van der Waals surface area (Å²) in [6.07, 6.45) is 8.55. The van der Waals surface area contributed by atoms with Crippen LogP contribution in [0.4, 0.5) is 0 Å². The molecule has 2 rings (SSSR count). The minimum Gasteiger partial charge on any atom is -0.381 e. The van der Waals surface area contributed by atoms with Gasteiger partial charge in [0, 0.05) is 32.7 Å². The third kappa shape index (κ3) is 3.23. The molecule has 0 spiro atoms. The van der Waals surface area contributed by atoms with E-state index in [-0.39, 0.29) is 11.6 Å². The summed E-state index contributed by atoms with van der Waals surface area (Å²) in [4.78, 5) is 0. The Labute approximate surface area is 111 Å². The fraction of sp³-hybridized carbons (Fsp3) is 1.00. The van der Waals surface area contributed by atoms with Crippen LogP contribution in [0.3, 0.4) is 0 Å².